The maximum atomic E-state index is 11.5. The lowest BCUT2D eigenvalue weighted by Gasteiger charge is -2.00. The molecule has 1 aliphatic carbocycles. The van der Waals surface area contributed by atoms with Gasteiger partial charge in [-0.05, 0) is 19.8 Å². The first-order valence-electron chi connectivity index (χ1n) is 5.70. The zero-order valence-corrected chi connectivity index (χ0v) is 9.88. The van der Waals surface area contributed by atoms with E-state index >= 15 is 0 Å². The van der Waals surface area contributed by atoms with E-state index in [9.17, 15) is 9.59 Å². The highest BCUT2D eigenvalue weighted by atomic mass is 16.5. The third kappa shape index (κ3) is 2.55. The molecule has 1 saturated carbocycles. The third-order valence-electron chi connectivity index (χ3n) is 2.57. The van der Waals surface area contributed by atoms with Crippen molar-refractivity contribution in [2.75, 3.05) is 6.61 Å². The van der Waals surface area contributed by atoms with Crippen LogP contribution >= 0.6 is 0 Å². The number of ether oxygens (including phenoxy) is 1. The van der Waals surface area contributed by atoms with Crippen LogP contribution < -0.4 is 5.43 Å². The number of hydrogen-bond acceptors (Lipinski definition) is 4. The van der Waals surface area contributed by atoms with E-state index in [0.29, 0.717) is 5.76 Å². The minimum Gasteiger partial charge on any atom is -0.457 e. The van der Waals surface area contributed by atoms with Gasteiger partial charge in [-0.3, -0.25) is 4.79 Å². The van der Waals surface area contributed by atoms with Crippen LogP contribution in [0.1, 0.15) is 37.2 Å². The van der Waals surface area contributed by atoms with Crippen molar-refractivity contribution in [2.45, 2.75) is 25.7 Å². The van der Waals surface area contributed by atoms with Gasteiger partial charge in [0, 0.05) is 18.1 Å². The number of nitrogens with zero attached hydrogens (tertiary/aromatic N) is 2. The van der Waals surface area contributed by atoms with E-state index < -0.39 is 11.7 Å². The summed E-state index contributed by atoms with van der Waals surface area (Å²) in [4.78, 5) is 25.9. The molecule has 0 saturated heterocycles. The average Bonchev–Trinajstić information content (AvgIpc) is 3.13. The quantitative estimate of drug-likeness (QED) is 0.345. The molecule has 0 unspecified atom stereocenters. The Morgan fingerprint density at radius 1 is 1.56 bits per heavy atom. The Morgan fingerprint density at radius 2 is 2.28 bits per heavy atom. The maximum absolute atomic E-state index is 11.5. The topological polar surface area (TPSA) is 92.9 Å². The number of carbonyl (C=O) groups excluding carboxylic acids is 1. The summed E-state index contributed by atoms with van der Waals surface area (Å²) in [5, 5.41) is 0. The van der Waals surface area contributed by atoms with Gasteiger partial charge in [-0.2, -0.15) is 4.79 Å². The standard InChI is InChI=1S/C12H12N2O4/c1-2-17-12(16)11(14-13)10-6-8(15)5-9(18-10)7-3-4-7/h5-7H,2-4H2,1H3. The SMILES string of the molecule is CCOC(=O)C(=[N+]=[N-])c1cc(=O)cc(C2CC2)o1. The molecule has 0 spiro atoms. The maximum Gasteiger partial charge on any atom is 0.441 e. The molecule has 0 N–H and O–H groups in total. The summed E-state index contributed by atoms with van der Waals surface area (Å²) in [7, 11) is 0. The summed E-state index contributed by atoms with van der Waals surface area (Å²) in [6, 6.07) is 2.50. The highest BCUT2D eigenvalue weighted by molar-refractivity contribution is 6.39. The first-order chi connectivity index (χ1) is 8.65. The van der Waals surface area contributed by atoms with Crippen molar-refractivity contribution in [2.24, 2.45) is 0 Å². The van der Waals surface area contributed by atoms with Crippen LogP contribution in [0.4, 0.5) is 0 Å². The largest absolute Gasteiger partial charge is 0.457 e. The molecule has 1 aromatic heterocycles. The molecule has 0 aliphatic heterocycles. The molecule has 0 atom stereocenters. The van der Waals surface area contributed by atoms with Gasteiger partial charge in [-0.25, -0.2) is 4.79 Å². The first-order valence-corrected chi connectivity index (χ1v) is 5.70. The molecule has 1 aliphatic rings. The average molecular weight is 248 g/mol. The Morgan fingerprint density at radius 3 is 2.83 bits per heavy atom. The molecule has 18 heavy (non-hydrogen) atoms. The van der Waals surface area contributed by atoms with Crippen molar-refractivity contribution < 1.29 is 18.7 Å². The minimum absolute atomic E-state index is 0.0645. The van der Waals surface area contributed by atoms with E-state index in [0.717, 1.165) is 18.9 Å². The van der Waals surface area contributed by atoms with Gasteiger partial charge < -0.3 is 14.7 Å². The van der Waals surface area contributed by atoms with E-state index in [2.05, 4.69) is 4.79 Å². The predicted molar refractivity (Wildman–Crippen MR) is 61.3 cm³/mol. The Hall–Kier alpha value is -2.20. The van der Waals surface area contributed by atoms with E-state index in [4.69, 9.17) is 14.7 Å². The number of rotatable bonds is 4. The lowest BCUT2D eigenvalue weighted by Crippen LogP contribution is -2.21. The molecule has 0 aromatic carbocycles. The van der Waals surface area contributed by atoms with Gasteiger partial charge in [0.05, 0.1) is 6.61 Å². The van der Waals surface area contributed by atoms with Crippen LogP contribution in [0.5, 0.6) is 0 Å². The zero-order chi connectivity index (χ0) is 13.1. The second-order valence-electron chi connectivity index (χ2n) is 4.00. The third-order valence-corrected chi connectivity index (χ3v) is 2.57. The predicted octanol–water partition coefficient (Wildman–Crippen LogP) is 1.10. The van der Waals surface area contributed by atoms with Gasteiger partial charge in [0.2, 0.25) is 5.76 Å². The smallest absolute Gasteiger partial charge is 0.441 e. The van der Waals surface area contributed by atoms with Crippen LogP contribution in [0.15, 0.2) is 21.3 Å². The van der Waals surface area contributed by atoms with Crippen LogP contribution in [0.2, 0.25) is 0 Å². The second-order valence-corrected chi connectivity index (χ2v) is 4.00. The van der Waals surface area contributed by atoms with E-state index in [1.54, 1.807) is 6.92 Å². The van der Waals surface area contributed by atoms with Crippen LogP contribution in [0, 0.1) is 0 Å². The Balaban J connectivity index is 2.39. The fourth-order valence-corrected chi connectivity index (χ4v) is 1.57. The summed E-state index contributed by atoms with van der Waals surface area (Å²) in [5.41, 5.74) is 8.16. The van der Waals surface area contributed by atoms with Crippen molar-refractivity contribution in [3.05, 3.63) is 39.4 Å². The monoisotopic (exact) mass is 248 g/mol. The normalized spacial score (nSPS) is 13.8. The molecule has 0 radical (unpaired) electrons. The number of esters is 1. The van der Waals surface area contributed by atoms with Crippen LogP contribution in [-0.4, -0.2) is 23.1 Å². The Bertz CT molecular complexity index is 580. The molecule has 1 heterocycles. The molecule has 1 aromatic rings. The highest BCUT2D eigenvalue weighted by Crippen LogP contribution is 2.39. The van der Waals surface area contributed by atoms with E-state index in [1.165, 1.54) is 6.07 Å². The summed E-state index contributed by atoms with van der Waals surface area (Å²) in [6.45, 7) is 1.77. The zero-order valence-electron chi connectivity index (χ0n) is 9.88. The fraction of sp³-hybridized carbons (Fsp3) is 0.417. The number of carbonyl (C=O) groups is 1. The molecule has 94 valence electrons. The Kier molecular flexibility index (Phi) is 3.39. The minimum atomic E-state index is -0.823. The summed E-state index contributed by atoms with van der Waals surface area (Å²) in [5.74, 6) is -0.149. The van der Waals surface area contributed by atoms with Crippen molar-refractivity contribution in [3.8, 4) is 0 Å². The summed E-state index contributed by atoms with van der Waals surface area (Å²) < 4.78 is 10.1. The molecule has 1 fully saturated rings. The van der Waals surface area contributed by atoms with E-state index in [-0.39, 0.29) is 23.7 Å². The molecular formula is C12H12N2O4. The van der Waals surface area contributed by atoms with Gasteiger partial charge in [0.1, 0.15) is 5.76 Å². The molecule has 0 bridgehead atoms. The molecule has 2 rings (SSSR count). The van der Waals surface area contributed by atoms with Crippen LogP contribution in [0.3, 0.4) is 0 Å². The van der Waals surface area contributed by atoms with Gasteiger partial charge in [0.15, 0.2) is 5.43 Å². The van der Waals surface area contributed by atoms with Crippen molar-refractivity contribution in [1.29, 1.82) is 0 Å². The van der Waals surface area contributed by atoms with Crippen LogP contribution in [-0.2, 0) is 9.53 Å². The highest BCUT2D eigenvalue weighted by Gasteiger charge is 2.31. The lowest BCUT2D eigenvalue weighted by molar-refractivity contribution is -0.139. The van der Waals surface area contributed by atoms with Gasteiger partial charge in [-0.1, -0.05) is 0 Å². The first kappa shape index (κ1) is 12.3. The Labute approximate surface area is 103 Å². The molecular weight excluding hydrogens is 236 g/mol. The number of hydrogen-bond donors (Lipinski definition) is 0. The lowest BCUT2D eigenvalue weighted by atomic mass is 10.2. The fourth-order valence-electron chi connectivity index (χ4n) is 1.57. The second kappa shape index (κ2) is 4.98. The van der Waals surface area contributed by atoms with Crippen molar-refractivity contribution in [3.63, 3.8) is 0 Å². The van der Waals surface area contributed by atoms with E-state index in [1.807, 2.05) is 0 Å². The van der Waals surface area contributed by atoms with Crippen molar-refractivity contribution in [1.82, 2.24) is 0 Å². The summed E-state index contributed by atoms with van der Waals surface area (Å²) in [6.07, 6.45) is 1.91. The molecule has 6 heteroatoms. The van der Waals surface area contributed by atoms with Crippen LogP contribution in [0.25, 0.3) is 5.53 Å². The molecule has 6 nitrogen and oxygen atoms in total. The van der Waals surface area contributed by atoms with Gasteiger partial charge in [-0.15, -0.1) is 0 Å². The van der Waals surface area contributed by atoms with Gasteiger partial charge in [0.25, 0.3) is 0 Å². The van der Waals surface area contributed by atoms with Gasteiger partial charge >= 0.3 is 11.7 Å². The molecule has 0 amide bonds. The summed E-state index contributed by atoms with van der Waals surface area (Å²) >= 11 is 0. The van der Waals surface area contributed by atoms with Crippen molar-refractivity contribution >= 4 is 11.7 Å².